The molecule has 1 aromatic carbocycles. The Labute approximate surface area is 140 Å². The number of fused-ring (bicyclic) bond motifs is 1. The molecule has 1 aliphatic rings. The van der Waals surface area contributed by atoms with E-state index >= 15 is 0 Å². The van der Waals surface area contributed by atoms with Crippen molar-refractivity contribution in [2.45, 2.75) is 32.8 Å². The van der Waals surface area contributed by atoms with Crippen molar-refractivity contribution in [3.8, 4) is 5.75 Å². The van der Waals surface area contributed by atoms with Crippen molar-refractivity contribution in [2.24, 2.45) is 0 Å². The normalized spacial score (nSPS) is 14.4. The highest BCUT2D eigenvalue weighted by atomic mass is 16.5. The molecule has 0 aliphatic carbocycles. The lowest BCUT2D eigenvalue weighted by atomic mass is 10.2. The smallest absolute Gasteiger partial charge is 0.308 e. The average Bonchev–Trinajstić information content (AvgIpc) is 2.58. The van der Waals surface area contributed by atoms with Gasteiger partial charge in [-0.05, 0) is 25.5 Å². The standard InChI is InChI=1S/C17H22N2O5/c1-3-9-18-17(22)12(2)24-16(21)8-10-19-13-6-4-5-7-14(13)23-11-15(19)20/h4-7,12H,3,8-11H2,1-2H3,(H,18,22)/t12-/m0/s1. The molecule has 2 rings (SSSR count). The van der Waals surface area contributed by atoms with Crippen molar-refractivity contribution < 1.29 is 23.9 Å². The number of nitrogens with one attached hydrogen (secondary N) is 1. The van der Waals surface area contributed by atoms with Crippen LogP contribution in [-0.2, 0) is 19.1 Å². The molecule has 0 unspecified atom stereocenters. The maximum Gasteiger partial charge on any atom is 0.308 e. The molecule has 1 aliphatic heterocycles. The summed E-state index contributed by atoms with van der Waals surface area (Å²) in [7, 11) is 0. The quantitative estimate of drug-likeness (QED) is 0.759. The molecule has 130 valence electrons. The summed E-state index contributed by atoms with van der Waals surface area (Å²) in [6, 6.07) is 7.15. The molecule has 0 saturated heterocycles. The first kappa shape index (κ1) is 17.8. The summed E-state index contributed by atoms with van der Waals surface area (Å²) in [6.45, 7) is 4.13. The maximum atomic E-state index is 12.0. The van der Waals surface area contributed by atoms with Crippen molar-refractivity contribution in [2.75, 3.05) is 24.6 Å². The van der Waals surface area contributed by atoms with Gasteiger partial charge in [0.2, 0.25) is 0 Å². The molecular weight excluding hydrogens is 312 g/mol. The van der Waals surface area contributed by atoms with Crippen LogP contribution in [0.2, 0.25) is 0 Å². The van der Waals surface area contributed by atoms with Crippen molar-refractivity contribution in [3.05, 3.63) is 24.3 Å². The van der Waals surface area contributed by atoms with Gasteiger partial charge in [0.15, 0.2) is 12.7 Å². The zero-order valence-electron chi connectivity index (χ0n) is 13.9. The minimum absolute atomic E-state index is 0.00543. The number of hydrogen-bond acceptors (Lipinski definition) is 5. The first-order valence-corrected chi connectivity index (χ1v) is 8.02. The SMILES string of the molecule is CCCNC(=O)[C@H](C)OC(=O)CCN1C(=O)COc2ccccc21. The van der Waals surface area contributed by atoms with E-state index in [-0.39, 0.29) is 31.4 Å². The molecule has 1 N–H and O–H groups in total. The van der Waals surface area contributed by atoms with Gasteiger partial charge in [-0.15, -0.1) is 0 Å². The molecule has 7 nitrogen and oxygen atoms in total. The first-order valence-electron chi connectivity index (χ1n) is 8.02. The lowest BCUT2D eigenvalue weighted by molar-refractivity contribution is -0.154. The van der Waals surface area contributed by atoms with Gasteiger partial charge < -0.3 is 19.7 Å². The number of anilines is 1. The van der Waals surface area contributed by atoms with Crippen molar-refractivity contribution in [1.82, 2.24) is 5.32 Å². The monoisotopic (exact) mass is 334 g/mol. The van der Waals surface area contributed by atoms with Gasteiger partial charge in [0.1, 0.15) is 5.75 Å². The van der Waals surface area contributed by atoms with Crippen LogP contribution in [0.4, 0.5) is 5.69 Å². The zero-order chi connectivity index (χ0) is 17.5. The molecule has 1 atom stereocenters. The molecule has 7 heteroatoms. The fraction of sp³-hybridized carbons (Fsp3) is 0.471. The highest BCUT2D eigenvalue weighted by Gasteiger charge is 2.26. The van der Waals surface area contributed by atoms with Crippen molar-refractivity contribution in [3.63, 3.8) is 0 Å². The van der Waals surface area contributed by atoms with Crippen LogP contribution in [0.1, 0.15) is 26.7 Å². The van der Waals surface area contributed by atoms with E-state index in [2.05, 4.69) is 5.32 Å². The predicted octanol–water partition coefficient (Wildman–Crippen LogP) is 1.26. The van der Waals surface area contributed by atoms with E-state index in [1.165, 1.54) is 11.8 Å². The van der Waals surface area contributed by atoms with E-state index in [1.807, 2.05) is 13.0 Å². The predicted molar refractivity (Wildman–Crippen MR) is 87.8 cm³/mol. The van der Waals surface area contributed by atoms with Crippen LogP contribution < -0.4 is 15.0 Å². The van der Waals surface area contributed by atoms with Gasteiger partial charge in [0.25, 0.3) is 11.8 Å². The number of benzene rings is 1. The molecule has 1 heterocycles. The van der Waals surface area contributed by atoms with Crippen LogP contribution in [0.5, 0.6) is 5.75 Å². The number of amides is 2. The van der Waals surface area contributed by atoms with E-state index in [9.17, 15) is 14.4 Å². The second-order valence-electron chi connectivity index (χ2n) is 5.47. The molecule has 24 heavy (non-hydrogen) atoms. The molecule has 0 fully saturated rings. The maximum absolute atomic E-state index is 12.0. The van der Waals surface area contributed by atoms with E-state index in [0.717, 1.165) is 6.42 Å². The van der Waals surface area contributed by atoms with E-state index < -0.39 is 12.1 Å². The summed E-state index contributed by atoms with van der Waals surface area (Å²) in [4.78, 5) is 37.1. The lowest BCUT2D eigenvalue weighted by Crippen LogP contribution is -2.41. The largest absolute Gasteiger partial charge is 0.482 e. The second-order valence-corrected chi connectivity index (χ2v) is 5.47. The number of carbonyl (C=O) groups is 3. The van der Waals surface area contributed by atoms with Crippen LogP contribution in [-0.4, -0.2) is 43.6 Å². The molecular formula is C17H22N2O5. The minimum atomic E-state index is -0.850. The lowest BCUT2D eigenvalue weighted by Gasteiger charge is -2.29. The second kappa shape index (κ2) is 8.33. The Balaban J connectivity index is 1.88. The van der Waals surface area contributed by atoms with Gasteiger partial charge in [0.05, 0.1) is 12.1 Å². The van der Waals surface area contributed by atoms with Gasteiger partial charge in [0, 0.05) is 13.1 Å². The summed E-state index contributed by atoms with van der Waals surface area (Å²) < 4.78 is 10.4. The Kier molecular flexibility index (Phi) is 6.17. The number of rotatable bonds is 7. The highest BCUT2D eigenvalue weighted by Crippen LogP contribution is 2.31. The third kappa shape index (κ3) is 4.47. The van der Waals surface area contributed by atoms with Crippen molar-refractivity contribution >= 4 is 23.5 Å². The average molecular weight is 334 g/mol. The molecule has 0 saturated carbocycles. The molecule has 0 spiro atoms. The fourth-order valence-corrected chi connectivity index (χ4v) is 2.30. The van der Waals surface area contributed by atoms with E-state index in [4.69, 9.17) is 9.47 Å². The first-order chi connectivity index (χ1) is 11.5. The fourth-order valence-electron chi connectivity index (χ4n) is 2.30. The van der Waals surface area contributed by atoms with Crippen LogP contribution in [0.3, 0.4) is 0 Å². The van der Waals surface area contributed by atoms with Gasteiger partial charge in [-0.2, -0.15) is 0 Å². The third-order valence-electron chi connectivity index (χ3n) is 3.57. The van der Waals surface area contributed by atoms with Gasteiger partial charge in [-0.3, -0.25) is 14.4 Å². The summed E-state index contributed by atoms with van der Waals surface area (Å²) in [5, 5.41) is 2.67. The number of nitrogens with zero attached hydrogens (tertiary/aromatic N) is 1. The molecule has 0 radical (unpaired) electrons. The number of para-hydroxylation sites is 2. The molecule has 1 aromatic rings. The van der Waals surface area contributed by atoms with Gasteiger partial charge in [-0.1, -0.05) is 19.1 Å². The summed E-state index contributed by atoms with van der Waals surface area (Å²) in [6.07, 6.45) is -0.0343. The van der Waals surface area contributed by atoms with E-state index in [1.54, 1.807) is 18.2 Å². The van der Waals surface area contributed by atoms with Gasteiger partial charge in [-0.25, -0.2) is 0 Å². The topological polar surface area (TPSA) is 84.9 Å². The number of esters is 1. The summed E-state index contributed by atoms with van der Waals surface area (Å²) >= 11 is 0. The Hall–Kier alpha value is -2.57. The minimum Gasteiger partial charge on any atom is -0.482 e. The molecule has 2 amide bonds. The van der Waals surface area contributed by atoms with Crippen LogP contribution in [0, 0.1) is 0 Å². The van der Waals surface area contributed by atoms with Crippen LogP contribution in [0.15, 0.2) is 24.3 Å². The summed E-state index contributed by atoms with van der Waals surface area (Å²) in [5.41, 5.74) is 0.635. The zero-order valence-corrected chi connectivity index (χ0v) is 13.9. The van der Waals surface area contributed by atoms with Crippen LogP contribution in [0.25, 0.3) is 0 Å². The van der Waals surface area contributed by atoms with Crippen LogP contribution >= 0.6 is 0 Å². The Morgan fingerprint density at radius 2 is 2.12 bits per heavy atom. The third-order valence-corrected chi connectivity index (χ3v) is 3.57. The van der Waals surface area contributed by atoms with Gasteiger partial charge >= 0.3 is 5.97 Å². The summed E-state index contributed by atoms with van der Waals surface area (Å²) in [5.74, 6) is -0.447. The molecule has 0 bridgehead atoms. The Morgan fingerprint density at radius 3 is 2.88 bits per heavy atom. The van der Waals surface area contributed by atoms with Crippen molar-refractivity contribution in [1.29, 1.82) is 0 Å². The van der Waals surface area contributed by atoms with E-state index in [0.29, 0.717) is 18.0 Å². The number of hydrogen-bond donors (Lipinski definition) is 1. The number of ether oxygens (including phenoxy) is 2. The molecule has 0 aromatic heterocycles. The number of carbonyl (C=O) groups excluding carboxylic acids is 3. The Bertz CT molecular complexity index is 617. The Morgan fingerprint density at radius 1 is 1.38 bits per heavy atom. The highest BCUT2D eigenvalue weighted by molar-refractivity contribution is 5.98.